The minimum Gasteiger partial charge on any atom is -0.420 e. The number of rotatable bonds is 4. The van der Waals surface area contributed by atoms with Crippen molar-refractivity contribution < 1.29 is 13.5 Å². The van der Waals surface area contributed by atoms with Crippen LogP contribution in [-0.2, 0) is 0 Å². The SMILES string of the molecule is CCNC(=S)Nc1ccc(OC(F)(F)Cl)cc1. The third-order valence-electron chi connectivity index (χ3n) is 1.68. The number of alkyl halides is 3. The highest BCUT2D eigenvalue weighted by atomic mass is 35.5. The van der Waals surface area contributed by atoms with Crippen LogP contribution in [0.3, 0.4) is 0 Å². The van der Waals surface area contributed by atoms with Gasteiger partial charge in [-0.3, -0.25) is 0 Å². The highest BCUT2D eigenvalue weighted by Gasteiger charge is 2.27. The molecule has 1 aromatic carbocycles. The summed E-state index contributed by atoms with van der Waals surface area (Å²) < 4.78 is 28.8. The molecule has 0 spiro atoms. The lowest BCUT2D eigenvalue weighted by atomic mass is 10.3. The normalized spacial score (nSPS) is 10.8. The molecule has 0 radical (unpaired) electrons. The molecule has 0 amide bonds. The van der Waals surface area contributed by atoms with Crippen molar-refractivity contribution in [3.8, 4) is 5.75 Å². The van der Waals surface area contributed by atoms with Crippen molar-refractivity contribution in [3.05, 3.63) is 24.3 Å². The Bertz CT molecular complexity index is 381. The minimum absolute atomic E-state index is 0.0232. The van der Waals surface area contributed by atoms with Gasteiger partial charge >= 0.3 is 5.57 Å². The summed E-state index contributed by atoms with van der Waals surface area (Å²) in [6, 6.07) is 5.85. The Labute approximate surface area is 108 Å². The number of benzene rings is 1. The Hall–Kier alpha value is -1.14. The van der Waals surface area contributed by atoms with Crippen LogP contribution in [0.25, 0.3) is 0 Å². The second-order valence-electron chi connectivity index (χ2n) is 3.06. The van der Waals surface area contributed by atoms with E-state index in [0.29, 0.717) is 17.3 Å². The molecule has 17 heavy (non-hydrogen) atoms. The van der Waals surface area contributed by atoms with E-state index in [-0.39, 0.29) is 5.75 Å². The highest BCUT2D eigenvalue weighted by molar-refractivity contribution is 7.80. The number of halogens is 3. The van der Waals surface area contributed by atoms with E-state index in [1.165, 1.54) is 12.1 Å². The fourth-order valence-electron chi connectivity index (χ4n) is 1.08. The van der Waals surface area contributed by atoms with Crippen LogP contribution in [0.1, 0.15) is 6.92 Å². The molecule has 1 rings (SSSR count). The molecular formula is C10H11ClF2N2OS. The lowest BCUT2D eigenvalue weighted by Gasteiger charge is -2.12. The molecule has 0 unspecified atom stereocenters. The molecular weight excluding hydrogens is 270 g/mol. The predicted octanol–water partition coefficient (Wildman–Crippen LogP) is 3.16. The average Bonchev–Trinajstić information content (AvgIpc) is 2.19. The number of hydrogen-bond acceptors (Lipinski definition) is 2. The van der Waals surface area contributed by atoms with E-state index < -0.39 is 5.57 Å². The summed E-state index contributed by atoms with van der Waals surface area (Å²) in [6.07, 6.45) is 0. The molecule has 2 N–H and O–H groups in total. The molecule has 0 heterocycles. The van der Waals surface area contributed by atoms with Crippen LogP contribution in [0.15, 0.2) is 24.3 Å². The largest absolute Gasteiger partial charge is 0.487 e. The van der Waals surface area contributed by atoms with E-state index in [2.05, 4.69) is 27.0 Å². The quantitative estimate of drug-likeness (QED) is 0.656. The van der Waals surface area contributed by atoms with Crippen LogP contribution >= 0.6 is 23.8 Å². The van der Waals surface area contributed by atoms with Crippen molar-refractivity contribution >= 4 is 34.6 Å². The first-order valence-corrected chi connectivity index (χ1v) is 5.60. The van der Waals surface area contributed by atoms with Crippen molar-refractivity contribution in [3.63, 3.8) is 0 Å². The molecule has 0 fully saturated rings. The van der Waals surface area contributed by atoms with Gasteiger partial charge in [-0.15, -0.1) is 8.78 Å². The second kappa shape index (κ2) is 5.97. The molecule has 3 nitrogen and oxygen atoms in total. The molecule has 0 aromatic heterocycles. The predicted molar refractivity (Wildman–Crippen MR) is 67.8 cm³/mol. The number of nitrogens with one attached hydrogen (secondary N) is 2. The molecule has 0 bridgehead atoms. The van der Waals surface area contributed by atoms with Crippen molar-refractivity contribution in [2.24, 2.45) is 0 Å². The van der Waals surface area contributed by atoms with Gasteiger partial charge in [0.15, 0.2) is 5.11 Å². The Morgan fingerprint density at radius 3 is 2.47 bits per heavy atom. The molecule has 0 saturated heterocycles. The number of anilines is 1. The summed E-state index contributed by atoms with van der Waals surface area (Å²) in [5, 5.41) is 6.23. The zero-order chi connectivity index (χ0) is 12.9. The van der Waals surface area contributed by atoms with Crippen LogP contribution in [-0.4, -0.2) is 17.2 Å². The zero-order valence-electron chi connectivity index (χ0n) is 8.97. The zero-order valence-corrected chi connectivity index (χ0v) is 10.5. The number of hydrogen-bond donors (Lipinski definition) is 2. The maximum Gasteiger partial charge on any atom is 0.487 e. The topological polar surface area (TPSA) is 33.3 Å². The average molecular weight is 281 g/mol. The third-order valence-corrected chi connectivity index (χ3v) is 2.01. The smallest absolute Gasteiger partial charge is 0.420 e. The van der Waals surface area contributed by atoms with Crippen molar-refractivity contribution in [1.82, 2.24) is 5.32 Å². The Morgan fingerprint density at radius 1 is 1.41 bits per heavy atom. The standard InChI is InChI=1S/C10H11ClF2N2OS/c1-2-14-9(17)15-7-3-5-8(6-4-7)16-10(11,12)13/h3-6H,2H2,1H3,(H2,14,15,17). The third kappa shape index (κ3) is 5.65. The Balaban J connectivity index is 2.59. The molecule has 0 aliphatic heterocycles. The number of ether oxygens (including phenoxy) is 1. The van der Waals surface area contributed by atoms with E-state index in [9.17, 15) is 8.78 Å². The molecule has 0 atom stereocenters. The fraction of sp³-hybridized carbons (Fsp3) is 0.300. The summed E-state index contributed by atoms with van der Waals surface area (Å²) in [4.78, 5) is 0. The maximum atomic E-state index is 12.3. The second-order valence-corrected chi connectivity index (χ2v) is 3.90. The lowest BCUT2D eigenvalue weighted by molar-refractivity contribution is -0.0964. The fourth-order valence-corrected chi connectivity index (χ4v) is 1.43. The van der Waals surface area contributed by atoms with Gasteiger partial charge in [-0.05, 0) is 43.4 Å². The van der Waals surface area contributed by atoms with Crippen LogP contribution in [0.4, 0.5) is 14.5 Å². The van der Waals surface area contributed by atoms with E-state index in [1.807, 2.05) is 6.92 Å². The van der Waals surface area contributed by atoms with Gasteiger partial charge in [0, 0.05) is 23.8 Å². The first kappa shape index (κ1) is 13.9. The highest BCUT2D eigenvalue weighted by Crippen LogP contribution is 2.25. The minimum atomic E-state index is -3.70. The summed E-state index contributed by atoms with van der Waals surface area (Å²) >= 11 is 9.59. The van der Waals surface area contributed by atoms with E-state index in [1.54, 1.807) is 12.1 Å². The first-order chi connectivity index (χ1) is 7.90. The molecule has 0 aliphatic carbocycles. The first-order valence-electron chi connectivity index (χ1n) is 4.81. The van der Waals surface area contributed by atoms with E-state index >= 15 is 0 Å². The maximum absolute atomic E-state index is 12.3. The monoisotopic (exact) mass is 280 g/mol. The molecule has 1 aromatic rings. The Kier molecular flexibility index (Phi) is 4.89. The van der Waals surface area contributed by atoms with Crippen LogP contribution in [0.2, 0.25) is 0 Å². The van der Waals surface area contributed by atoms with Crippen molar-refractivity contribution in [2.45, 2.75) is 12.5 Å². The van der Waals surface area contributed by atoms with Crippen LogP contribution < -0.4 is 15.4 Å². The number of thiocarbonyl (C=S) groups is 1. The van der Waals surface area contributed by atoms with Crippen LogP contribution in [0.5, 0.6) is 5.75 Å². The van der Waals surface area contributed by atoms with Crippen molar-refractivity contribution in [1.29, 1.82) is 0 Å². The summed E-state index contributed by atoms with van der Waals surface area (Å²) in [6.45, 7) is 2.61. The Morgan fingerprint density at radius 2 is 2.00 bits per heavy atom. The van der Waals surface area contributed by atoms with Gasteiger partial charge in [-0.25, -0.2) is 0 Å². The lowest BCUT2D eigenvalue weighted by Crippen LogP contribution is -2.27. The van der Waals surface area contributed by atoms with E-state index in [4.69, 9.17) is 12.2 Å². The molecule has 94 valence electrons. The summed E-state index contributed by atoms with van der Waals surface area (Å²) in [5.41, 5.74) is -3.03. The summed E-state index contributed by atoms with van der Waals surface area (Å²) in [7, 11) is 0. The van der Waals surface area contributed by atoms with Gasteiger partial charge in [0.25, 0.3) is 0 Å². The van der Waals surface area contributed by atoms with Crippen LogP contribution in [0, 0.1) is 0 Å². The van der Waals surface area contributed by atoms with Gasteiger partial charge in [0.1, 0.15) is 5.75 Å². The van der Waals surface area contributed by atoms with Gasteiger partial charge in [-0.1, -0.05) is 0 Å². The molecule has 0 aliphatic rings. The van der Waals surface area contributed by atoms with Gasteiger partial charge < -0.3 is 15.4 Å². The molecule has 7 heteroatoms. The van der Waals surface area contributed by atoms with Gasteiger partial charge in [0.05, 0.1) is 0 Å². The summed E-state index contributed by atoms with van der Waals surface area (Å²) in [5.74, 6) is -0.0232. The van der Waals surface area contributed by atoms with Gasteiger partial charge in [0.2, 0.25) is 0 Å². The molecule has 0 saturated carbocycles. The van der Waals surface area contributed by atoms with E-state index in [0.717, 1.165) is 0 Å². The van der Waals surface area contributed by atoms with Gasteiger partial charge in [-0.2, -0.15) is 0 Å². The van der Waals surface area contributed by atoms with Crippen molar-refractivity contribution in [2.75, 3.05) is 11.9 Å².